The summed E-state index contributed by atoms with van der Waals surface area (Å²) in [6, 6.07) is 18.9. The summed E-state index contributed by atoms with van der Waals surface area (Å²) in [6.07, 6.45) is 9.57. The average molecular weight is 725 g/mol. The van der Waals surface area contributed by atoms with E-state index in [4.69, 9.17) is 33.2 Å². The maximum Gasteiger partial charge on any atom is 0.343 e. The lowest BCUT2D eigenvalue weighted by atomic mass is 10.1. The quantitative estimate of drug-likeness (QED) is 0.0379. The lowest BCUT2D eigenvalue weighted by molar-refractivity contribution is -0.139. The zero-order valence-electron chi connectivity index (χ0n) is 29.1. The van der Waals surface area contributed by atoms with E-state index in [1.54, 1.807) is 48.6 Å². The van der Waals surface area contributed by atoms with Gasteiger partial charge in [0.2, 0.25) is 0 Å². The van der Waals surface area contributed by atoms with Crippen molar-refractivity contribution in [3.63, 3.8) is 0 Å². The molecule has 1 aliphatic carbocycles. The molecule has 0 saturated heterocycles. The molecule has 0 radical (unpaired) electrons. The molecule has 0 atom stereocenters. The first kappa shape index (κ1) is 39.4. The van der Waals surface area contributed by atoms with E-state index in [0.29, 0.717) is 54.6 Å². The van der Waals surface area contributed by atoms with Crippen LogP contribution >= 0.6 is 0 Å². The van der Waals surface area contributed by atoms with Crippen LogP contribution in [0.5, 0.6) is 17.2 Å². The van der Waals surface area contributed by atoms with E-state index in [-0.39, 0.29) is 30.1 Å². The number of allylic oxidation sites excluding steroid dienone is 4. The van der Waals surface area contributed by atoms with Gasteiger partial charge in [-0.2, -0.15) is 0 Å². The van der Waals surface area contributed by atoms with E-state index in [0.717, 1.165) is 37.8 Å². The van der Waals surface area contributed by atoms with E-state index < -0.39 is 29.8 Å². The summed E-state index contributed by atoms with van der Waals surface area (Å²) in [4.78, 5) is 60.1. The van der Waals surface area contributed by atoms with Crippen molar-refractivity contribution < 1.29 is 57.1 Å². The zero-order chi connectivity index (χ0) is 37.8. The van der Waals surface area contributed by atoms with E-state index in [2.05, 4.69) is 13.2 Å². The van der Waals surface area contributed by atoms with Crippen molar-refractivity contribution >= 4 is 29.8 Å². The first-order valence-electron chi connectivity index (χ1n) is 16.9. The van der Waals surface area contributed by atoms with Crippen molar-refractivity contribution in [2.75, 3.05) is 26.4 Å². The van der Waals surface area contributed by atoms with Gasteiger partial charge in [-0.3, -0.25) is 0 Å². The molecule has 0 amide bonds. The molecule has 0 spiro atoms. The van der Waals surface area contributed by atoms with Gasteiger partial charge in [0, 0.05) is 25.0 Å². The van der Waals surface area contributed by atoms with Gasteiger partial charge in [-0.1, -0.05) is 13.2 Å². The van der Waals surface area contributed by atoms with Gasteiger partial charge < -0.3 is 33.2 Å². The summed E-state index contributed by atoms with van der Waals surface area (Å²) in [5.41, 5.74) is 0.905. The summed E-state index contributed by atoms with van der Waals surface area (Å²) < 4.78 is 37.4. The van der Waals surface area contributed by atoms with Gasteiger partial charge in [-0.05, 0) is 111 Å². The van der Waals surface area contributed by atoms with E-state index in [1.807, 2.05) is 0 Å². The molecule has 0 bridgehead atoms. The Morgan fingerprint density at radius 3 is 1.32 bits per heavy atom. The lowest BCUT2D eigenvalue weighted by Crippen LogP contribution is -2.11. The van der Waals surface area contributed by atoms with Crippen LogP contribution in [-0.2, 0) is 28.5 Å². The fraction of sp³-hybridized carbons (Fsp3) is 0.244. The molecular formula is C41H40O12. The molecule has 0 heterocycles. The molecular weight excluding hydrogens is 684 g/mol. The van der Waals surface area contributed by atoms with Crippen molar-refractivity contribution in [1.29, 1.82) is 0 Å². The molecule has 0 fully saturated rings. The Balaban J connectivity index is 1.15. The summed E-state index contributed by atoms with van der Waals surface area (Å²) >= 11 is 0. The van der Waals surface area contributed by atoms with Crippen molar-refractivity contribution in [2.45, 2.75) is 38.5 Å². The van der Waals surface area contributed by atoms with Gasteiger partial charge in [-0.25, -0.2) is 24.0 Å². The Kier molecular flexibility index (Phi) is 15.6. The zero-order valence-corrected chi connectivity index (χ0v) is 29.1. The molecule has 0 N–H and O–H groups in total. The SMILES string of the molecule is C=CC(=O)OCCCCCCOc1ccc(C(=O)OC2=CC=C(OC(=O)c3ccc(OC(=O)c4ccc(OCCOC(=O)C=C)cc4)cc3)CC2)cc1. The third-order valence-electron chi connectivity index (χ3n) is 7.48. The van der Waals surface area contributed by atoms with Crippen molar-refractivity contribution in [2.24, 2.45) is 0 Å². The van der Waals surface area contributed by atoms with Gasteiger partial charge >= 0.3 is 29.8 Å². The van der Waals surface area contributed by atoms with Crippen LogP contribution in [0.2, 0.25) is 0 Å². The molecule has 0 unspecified atom stereocenters. The standard InChI is InChI=1S/C41H40O12/c1-3-37(42)49-26-8-6-5-7-25-47-32-15-9-29(10-16-32)40(45)52-35-21-23-36(24-22-35)53-41(46)31-13-19-34(20-14-31)51-39(44)30-11-17-33(18-12-30)48-27-28-50-38(43)4-2/h3-4,9-21,23H,1-2,5-8,22,24-28H2. The minimum Gasteiger partial charge on any atom is -0.494 e. The minimum absolute atomic E-state index is 0.0591. The minimum atomic E-state index is -0.602. The summed E-state index contributed by atoms with van der Waals surface area (Å²) in [5.74, 6) is -0.453. The number of rotatable bonds is 20. The Morgan fingerprint density at radius 2 is 0.868 bits per heavy atom. The maximum absolute atomic E-state index is 12.7. The largest absolute Gasteiger partial charge is 0.494 e. The molecule has 0 saturated carbocycles. The molecule has 3 aromatic rings. The third kappa shape index (κ3) is 13.7. The van der Waals surface area contributed by atoms with Crippen LogP contribution in [0.4, 0.5) is 0 Å². The molecule has 276 valence electrons. The second kappa shape index (κ2) is 21.1. The number of unbranched alkanes of at least 4 members (excludes halogenated alkanes) is 3. The van der Waals surface area contributed by atoms with Crippen molar-refractivity contribution in [3.8, 4) is 17.2 Å². The highest BCUT2D eigenvalue weighted by Gasteiger charge is 2.18. The highest BCUT2D eigenvalue weighted by molar-refractivity contribution is 5.92. The van der Waals surface area contributed by atoms with Gasteiger partial charge in [0.1, 0.15) is 42.0 Å². The Bertz CT molecular complexity index is 1800. The normalized spacial score (nSPS) is 11.8. The fourth-order valence-electron chi connectivity index (χ4n) is 4.66. The molecule has 0 aliphatic heterocycles. The molecule has 1 aliphatic rings. The highest BCUT2D eigenvalue weighted by atomic mass is 16.6. The average Bonchev–Trinajstić information content (AvgIpc) is 3.18. The van der Waals surface area contributed by atoms with Crippen molar-refractivity contribution in [3.05, 3.63) is 138 Å². The van der Waals surface area contributed by atoms with E-state index in [9.17, 15) is 24.0 Å². The summed E-state index contributed by atoms with van der Waals surface area (Å²) in [7, 11) is 0. The van der Waals surface area contributed by atoms with Crippen LogP contribution in [0, 0.1) is 0 Å². The number of benzene rings is 3. The van der Waals surface area contributed by atoms with E-state index >= 15 is 0 Å². The first-order chi connectivity index (χ1) is 25.7. The lowest BCUT2D eigenvalue weighted by Gasteiger charge is -2.15. The van der Waals surface area contributed by atoms with Gasteiger partial charge in [0.15, 0.2) is 0 Å². The number of carbonyl (C=O) groups is 5. The number of esters is 5. The molecule has 0 aromatic heterocycles. The van der Waals surface area contributed by atoms with Crippen LogP contribution in [0.1, 0.15) is 69.6 Å². The van der Waals surface area contributed by atoms with Crippen LogP contribution in [0.3, 0.4) is 0 Å². The number of ether oxygens (including phenoxy) is 7. The maximum atomic E-state index is 12.7. The van der Waals surface area contributed by atoms with Crippen LogP contribution in [-0.4, -0.2) is 56.3 Å². The fourth-order valence-corrected chi connectivity index (χ4v) is 4.66. The topological polar surface area (TPSA) is 150 Å². The van der Waals surface area contributed by atoms with Crippen LogP contribution in [0.15, 0.2) is 122 Å². The van der Waals surface area contributed by atoms with Gasteiger partial charge in [0.25, 0.3) is 0 Å². The highest BCUT2D eigenvalue weighted by Crippen LogP contribution is 2.24. The summed E-state index contributed by atoms with van der Waals surface area (Å²) in [6.45, 7) is 7.77. The number of hydrogen-bond acceptors (Lipinski definition) is 12. The van der Waals surface area contributed by atoms with E-state index in [1.165, 1.54) is 36.4 Å². The monoisotopic (exact) mass is 724 g/mol. The molecule has 4 rings (SSSR count). The Morgan fingerprint density at radius 1 is 0.472 bits per heavy atom. The van der Waals surface area contributed by atoms with Crippen molar-refractivity contribution in [1.82, 2.24) is 0 Å². The third-order valence-corrected chi connectivity index (χ3v) is 7.48. The predicted octanol–water partition coefficient (Wildman–Crippen LogP) is 7.26. The number of hydrogen-bond donors (Lipinski definition) is 0. The van der Waals surface area contributed by atoms with Crippen LogP contribution < -0.4 is 14.2 Å². The Hall–Kier alpha value is -6.43. The second-order valence-electron chi connectivity index (χ2n) is 11.4. The van der Waals surface area contributed by atoms with Crippen LogP contribution in [0.25, 0.3) is 0 Å². The molecule has 53 heavy (non-hydrogen) atoms. The predicted molar refractivity (Wildman–Crippen MR) is 192 cm³/mol. The van der Waals surface area contributed by atoms with Gasteiger partial charge in [0.05, 0.1) is 29.9 Å². The first-order valence-corrected chi connectivity index (χ1v) is 16.9. The molecule has 3 aromatic carbocycles. The van der Waals surface area contributed by atoms with Gasteiger partial charge in [-0.15, -0.1) is 0 Å². The second-order valence-corrected chi connectivity index (χ2v) is 11.4. The summed E-state index contributed by atoms with van der Waals surface area (Å²) in [5, 5.41) is 0. The molecule has 12 nitrogen and oxygen atoms in total. The number of carbonyl (C=O) groups excluding carboxylic acids is 5. The molecule has 12 heteroatoms. The Labute approximate surface area is 307 Å². The smallest absolute Gasteiger partial charge is 0.343 e.